The molecule has 4 fully saturated rings. The Morgan fingerprint density at radius 1 is 0.879 bits per heavy atom. The van der Waals surface area contributed by atoms with Crippen molar-refractivity contribution in [1.29, 1.82) is 0 Å². The quantitative estimate of drug-likeness (QED) is 0.291. The van der Waals surface area contributed by atoms with E-state index in [0.717, 1.165) is 6.42 Å². The number of nitrogens with zero attached hydrogens (tertiary/aromatic N) is 1. The summed E-state index contributed by atoms with van der Waals surface area (Å²) in [7, 11) is 5.03. The van der Waals surface area contributed by atoms with Gasteiger partial charge in [-0.15, -0.1) is 0 Å². The lowest BCUT2D eigenvalue weighted by molar-refractivity contribution is -0.320. The van der Waals surface area contributed by atoms with Crippen molar-refractivity contribution in [3.63, 3.8) is 0 Å². The Morgan fingerprint density at radius 3 is 2.31 bits per heavy atom. The predicted octanol–water partition coefficient (Wildman–Crippen LogP) is 3.84. The fourth-order valence-electron chi connectivity index (χ4n) is 10.3. The second kappa shape index (κ2) is 15.3. The number of ketones is 3. The molecule has 4 saturated heterocycles. The molecule has 1 unspecified atom stereocenters. The van der Waals surface area contributed by atoms with Crippen LogP contribution in [0.25, 0.3) is 0 Å². The molecule has 8 rings (SSSR count). The normalized spacial score (nSPS) is 38.3. The number of methoxy groups -OCH3 is 1. The van der Waals surface area contributed by atoms with Gasteiger partial charge in [0.05, 0.1) is 60.5 Å². The highest BCUT2D eigenvalue weighted by molar-refractivity contribution is 6.30. The van der Waals surface area contributed by atoms with Crippen molar-refractivity contribution in [1.82, 2.24) is 4.90 Å². The Kier molecular flexibility index (Phi) is 10.8. The summed E-state index contributed by atoms with van der Waals surface area (Å²) >= 11 is 0. The van der Waals surface area contributed by atoms with Crippen molar-refractivity contribution < 1.29 is 67.7 Å². The van der Waals surface area contributed by atoms with Crippen molar-refractivity contribution in [3.8, 4) is 11.5 Å². The molecule has 2 aromatic carbocycles. The Labute approximate surface area is 336 Å². The molecular weight excluding hydrogens is 754 g/mol. The maximum absolute atomic E-state index is 13.9. The largest absolute Gasteiger partial charge is 0.507 e. The number of hydrogen-bond acceptors (Lipinski definition) is 15. The topological polar surface area (TPSA) is 197 Å². The minimum atomic E-state index is -1.74. The molecule has 314 valence electrons. The number of ether oxygens (including phenoxy) is 7. The molecule has 58 heavy (non-hydrogen) atoms. The standard InChI is InChI=1S/C43H53NO14/c1-8-43(51)17-31(35-23(37(43)42(50)52-7)12-24-36(40(35)49)39(48)34-21(38(24)47)10-9-11-26(34)45)57-32-14-25(44(5)6)41(20(4)55-32)58-33-16-28-22(18(2)54-33)13-29-30(56-28)15-27(46)19(3)53-29/h9-12,18-20,22,25,28-33,37,41,45,49,51H,8,13-17H2,1-7H3/t18-,19-,20-,22+,25-,28-,29+,30-,31+,32-,33-,37?,41+,43+/m0/s1. The molecule has 6 aliphatic rings. The van der Waals surface area contributed by atoms with Gasteiger partial charge in [-0.25, -0.2) is 0 Å². The predicted molar refractivity (Wildman–Crippen MR) is 202 cm³/mol. The number of carbonyl (C=O) groups is 4. The lowest BCUT2D eigenvalue weighted by Gasteiger charge is -2.51. The van der Waals surface area contributed by atoms with E-state index in [1.165, 1.54) is 31.4 Å². The summed E-state index contributed by atoms with van der Waals surface area (Å²) in [6.45, 7) is 7.37. The van der Waals surface area contributed by atoms with Crippen LogP contribution in [-0.2, 0) is 42.7 Å². The minimum absolute atomic E-state index is 0.0370. The van der Waals surface area contributed by atoms with Crippen LogP contribution >= 0.6 is 0 Å². The number of aliphatic hydroxyl groups is 1. The van der Waals surface area contributed by atoms with E-state index in [-0.39, 0.29) is 94.8 Å². The zero-order valence-corrected chi connectivity index (χ0v) is 33.8. The van der Waals surface area contributed by atoms with Crippen LogP contribution in [-0.4, -0.2) is 132 Å². The van der Waals surface area contributed by atoms with Gasteiger partial charge in [-0.1, -0.05) is 19.1 Å². The van der Waals surface area contributed by atoms with E-state index in [1.54, 1.807) is 13.8 Å². The van der Waals surface area contributed by atoms with Crippen LogP contribution < -0.4 is 0 Å². The Morgan fingerprint density at radius 2 is 1.60 bits per heavy atom. The number of rotatable bonds is 7. The van der Waals surface area contributed by atoms with Crippen LogP contribution in [0, 0.1) is 5.92 Å². The third-order valence-corrected chi connectivity index (χ3v) is 13.4. The van der Waals surface area contributed by atoms with Gasteiger partial charge >= 0.3 is 5.97 Å². The first-order valence-electron chi connectivity index (χ1n) is 20.3. The zero-order chi connectivity index (χ0) is 41.5. The molecule has 15 nitrogen and oxygen atoms in total. The van der Waals surface area contributed by atoms with E-state index in [4.69, 9.17) is 33.2 Å². The summed E-state index contributed by atoms with van der Waals surface area (Å²) in [6.07, 6.45) is -3.20. The summed E-state index contributed by atoms with van der Waals surface area (Å²) in [5, 5.41) is 34.8. The van der Waals surface area contributed by atoms with E-state index in [0.29, 0.717) is 12.8 Å². The van der Waals surface area contributed by atoms with E-state index in [1.807, 2.05) is 32.8 Å². The van der Waals surface area contributed by atoms with Crippen molar-refractivity contribution in [3.05, 3.63) is 57.6 Å². The highest BCUT2D eigenvalue weighted by Gasteiger charge is 2.54. The molecule has 0 bridgehead atoms. The summed E-state index contributed by atoms with van der Waals surface area (Å²) in [5.41, 5.74) is -2.36. The number of aromatic hydroxyl groups is 2. The number of benzene rings is 2. The Hall–Kier alpha value is -3.80. The summed E-state index contributed by atoms with van der Waals surface area (Å²) in [4.78, 5) is 55.7. The minimum Gasteiger partial charge on any atom is -0.507 e. The number of fused-ring (bicyclic) bond motifs is 5. The van der Waals surface area contributed by atoms with Crippen LogP contribution in [0.3, 0.4) is 0 Å². The molecule has 0 radical (unpaired) electrons. The third-order valence-electron chi connectivity index (χ3n) is 13.4. The van der Waals surface area contributed by atoms with Gasteiger partial charge in [-0.3, -0.25) is 19.2 Å². The monoisotopic (exact) mass is 807 g/mol. The average molecular weight is 808 g/mol. The second-order valence-corrected chi connectivity index (χ2v) is 17.0. The number of Topliss-reactive ketones (excluding diaryl/α,β-unsaturated/α-hetero) is 1. The van der Waals surface area contributed by atoms with Gasteiger partial charge in [0.2, 0.25) is 5.78 Å². The van der Waals surface area contributed by atoms with Crippen LogP contribution in [0.4, 0.5) is 0 Å². The smallest absolute Gasteiger partial charge is 0.316 e. The maximum atomic E-state index is 13.9. The Bertz CT molecular complexity index is 2000. The molecule has 2 aromatic rings. The summed E-state index contributed by atoms with van der Waals surface area (Å²) in [5.74, 6) is -4.38. The third kappa shape index (κ3) is 6.77. The first-order chi connectivity index (χ1) is 27.5. The molecule has 3 N–H and O–H groups in total. The summed E-state index contributed by atoms with van der Waals surface area (Å²) < 4.78 is 43.9. The number of esters is 1. The summed E-state index contributed by atoms with van der Waals surface area (Å²) in [6, 6.07) is 5.23. The first kappa shape index (κ1) is 41.0. The van der Waals surface area contributed by atoms with Crippen LogP contribution in [0.15, 0.2) is 24.3 Å². The van der Waals surface area contributed by atoms with E-state index < -0.39 is 77.5 Å². The van der Waals surface area contributed by atoms with Crippen molar-refractivity contribution in [2.75, 3.05) is 21.2 Å². The molecule has 15 heteroatoms. The van der Waals surface area contributed by atoms with Gasteiger partial charge in [0.25, 0.3) is 0 Å². The van der Waals surface area contributed by atoms with Gasteiger partial charge in [0, 0.05) is 54.3 Å². The second-order valence-electron chi connectivity index (χ2n) is 17.0. The van der Waals surface area contributed by atoms with Crippen LogP contribution in [0.1, 0.15) is 121 Å². The molecule has 0 spiro atoms. The SMILES string of the molecule is CC[C@@]1(O)C[C@@H](O[C@H]2C[C@H](N(C)C)[C@H](O[C@H]3C[C@@H]4O[C@H]5CC(=O)[C@H](C)O[C@@H]5C[C@@H]4[C@H](C)O3)[C@H](C)O2)c2c(cc3c(c2O)C(=O)c2c(O)cccc2C3=O)C1C(=O)OC. The number of likely N-dealkylation sites (N-methyl/N-ethyl adjacent to an activating group) is 1. The molecule has 2 aliphatic carbocycles. The number of hydrogen-bond donors (Lipinski definition) is 3. The van der Waals surface area contributed by atoms with Crippen molar-refractivity contribution in [2.24, 2.45) is 5.92 Å². The van der Waals surface area contributed by atoms with E-state index >= 15 is 0 Å². The van der Waals surface area contributed by atoms with Gasteiger partial charge in [-0.2, -0.15) is 0 Å². The molecule has 14 atom stereocenters. The highest BCUT2D eigenvalue weighted by Crippen LogP contribution is 2.54. The van der Waals surface area contributed by atoms with Crippen molar-refractivity contribution >= 4 is 23.3 Å². The maximum Gasteiger partial charge on any atom is 0.316 e. The number of phenolic OH excluding ortho intramolecular Hbond substituents is 2. The highest BCUT2D eigenvalue weighted by atomic mass is 16.7. The van der Waals surface area contributed by atoms with Crippen LogP contribution in [0.2, 0.25) is 0 Å². The van der Waals surface area contributed by atoms with E-state index in [2.05, 4.69) is 0 Å². The molecule has 4 heterocycles. The average Bonchev–Trinajstić information content (AvgIpc) is 3.17. The van der Waals surface area contributed by atoms with Crippen molar-refractivity contribution in [2.45, 2.75) is 145 Å². The molecule has 0 saturated carbocycles. The van der Waals surface area contributed by atoms with Crippen LogP contribution in [0.5, 0.6) is 11.5 Å². The fourth-order valence-corrected chi connectivity index (χ4v) is 10.3. The molecular formula is C43H53NO14. The molecule has 4 aliphatic heterocycles. The number of phenols is 2. The lowest BCUT2D eigenvalue weighted by atomic mass is 9.67. The first-order valence-corrected chi connectivity index (χ1v) is 20.3. The van der Waals surface area contributed by atoms with E-state index in [9.17, 15) is 34.5 Å². The number of carbonyl (C=O) groups excluding carboxylic acids is 4. The molecule has 0 aromatic heterocycles. The zero-order valence-electron chi connectivity index (χ0n) is 33.8. The van der Waals surface area contributed by atoms with Gasteiger partial charge in [0.15, 0.2) is 24.1 Å². The molecule has 0 amide bonds. The lowest BCUT2D eigenvalue weighted by Crippen LogP contribution is -2.59. The van der Waals surface area contributed by atoms with Gasteiger partial charge in [-0.05, 0) is 65.4 Å². The van der Waals surface area contributed by atoms with Gasteiger partial charge in [0.1, 0.15) is 29.6 Å². The van der Waals surface area contributed by atoms with Gasteiger partial charge < -0.3 is 53.4 Å². The fraction of sp³-hybridized carbons (Fsp3) is 0.628. The Balaban J connectivity index is 1.06.